The van der Waals surface area contributed by atoms with E-state index in [0.717, 1.165) is 0 Å². The molecule has 0 aromatic heterocycles. The third-order valence-corrected chi connectivity index (χ3v) is 2.95. The van der Waals surface area contributed by atoms with Gasteiger partial charge < -0.3 is 14.4 Å². The molecular weight excluding hydrogens is 246 g/mol. The van der Waals surface area contributed by atoms with Gasteiger partial charge in [0.15, 0.2) is 0 Å². The average Bonchev–Trinajstić information content (AvgIpc) is 2.25. The van der Waals surface area contributed by atoms with E-state index in [-0.39, 0.29) is 11.9 Å². The first-order chi connectivity index (χ1) is 8.53. The second kappa shape index (κ2) is 6.89. The van der Waals surface area contributed by atoms with E-state index >= 15 is 0 Å². The summed E-state index contributed by atoms with van der Waals surface area (Å²) in [5.74, 6) is -0.604. The standard InChI is InChI=1S/C14H27NO4/c1-13(2,11(16)18-7)10-14(3,4)12(17)19-9-8-15(5)6/h8-10H2,1-7H3. The maximum Gasteiger partial charge on any atom is 0.311 e. The van der Waals surface area contributed by atoms with Crippen LogP contribution in [0.1, 0.15) is 34.1 Å². The first-order valence-corrected chi connectivity index (χ1v) is 6.43. The second-order valence-electron chi connectivity index (χ2n) is 6.38. The van der Waals surface area contributed by atoms with Crippen LogP contribution in [-0.4, -0.2) is 51.2 Å². The number of methoxy groups -OCH3 is 1. The average molecular weight is 273 g/mol. The summed E-state index contributed by atoms with van der Waals surface area (Å²) in [6.07, 6.45) is 0.382. The van der Waals surface area contributed by atoms with Gasteiger partial charge in [-0.25, -0.2) is 0 Å². The third-order valence-electron chi connectivity index (χ3n) is 2.95. The normalized spacial score (nSPS) is 12.4. The zero-order chi connectivity index (χ0) is 15.3. The van der Waals surface area contributed by atoms with Crippen LogP contribution in [0.3, 0.4) is 0 Å². The Bertz CT molecular complexity index is 321. The number of esters is 2. The van der Waals surface area contributed by atoms with Crippen molar-refractivity contribution >= 4 is 11.9 Å². The highest BCUT2D eigenvalue weighted by Crippen LogP contribution is 2.35. The van der Waals surface area contributed by atoms with Crippen LogP contribution in [0.5, 0.6) is 0 Å². The lowest BCUT2D eigenvalue weighted by Crippen LogP contribution is -2.37. The van der Waals surface area contributed by atoms with E-state index in [4.69, 9.17) is 9.47 Å². The minimum absolute atomic E-state index is 0.286. The van der Waals surface area contributed by atoms with Crippen LogP contribution in [0.25, 0.3) is 0 Å². The fraction of sp³-hybridized carbons (Fsp3) is 0.857. The molecule has 0 unspecified atom stereocenters. The molecule has 0 saturated carbocycles. The predicted molar refractivity (Wildman–Crippen MR) is 73.7 cm³/mol. The van der Waals surface area contributed by atoms with Crippen molar-refractivity contribution in [1.82, 2.24) is 4.90 Å². The second-order valence-corrected chi connectivity index (χ2v) is 6.38. The van der Waals surface area contributed by atoms with Gasteiger partial charge in [0.05, 0.1) is 17.9 Å². The molecule has 0 aliphatic carbocycles. The first kappa shape index (κ1) is 17.9. The highest BCUT2D eigenvalue weighted by molar-refractivity contribution is 5.80. The summed E-state index contributed by atoms with van der Waals surface area (Å²) in [6.45, 7) is 8.16. The van der Waals surface area contributed by atoms with E-state index in [9.17, 15) is 9.59 Å². The van der Waals surface area contributed by atoms with E-state index in [2.05, 4.69) is 0 Å². The fourth-order valence-corrected chi connectivity index (χ4v) is 2.04. The van der Waals surface area contributed by atoms with Crippen LogP contribution in [0.4, 0.5) is 0 Å². The van der Waals surface area contributed by atoms with Crippen LogP contribution in [0.15, 0.2) is 0 Å². The molecule has 0 aliphatic heterocycles. The molecule has 0 atom stereocenters. The molecule has 0 amide bonds. The van der Waals surface area contributed by atoms with Crippen molar-refractivity contribution in [1.29, 1.82) is 0 Å². The summed E-state index contributed by atoms with van der Waals surface area (Å²) in [5, 5.41) is 0. The van der Waals surface area contributed by atoms with Gasteiger partial charge >= 0.3 is 11.9 Å². The Hall–Kier alpha value is -1.10. The molecule has 0 bridgehead atoms. The molecule has 0 aromatic carbocycles. The quantitative estimate of drug-likeness (QED) is 0.661. The molecule has 0 saturated heterocycles. The molecule has 0 aliphatic rings. The molecule has 112 valence electrons. The zero-order valence-electron chi connectivity index (χ0n) is 13.2. The van der Waals surface area contributed by atoms with Crippen LogP contribution >= 0.6 is 0 Å². The van der Waals surface area contributed by atoms with Crippen molar-refractivity contribution in [3.63, 3.8) is 0 Å². The van der Waals surface area contributed by atoms with Crippen molar-refractivity contribution in [3.05, 3.63) is 0 Å². The lowest BCUT2D eigenvalue weighted by molar-refractivity contribution is -0.160. The number of hydrogen-bond acceptors (Lipinski definition) is 5. The minimum Gasteiger partial charge on any atom is -0.469 e. The van der Waals surface area contributed by atoms with Gasteiger partial charge in [0, 0.05) is 6.54 Å². The van der Waals surface area contributed by atoms with Crippen molar-refractivity contribution in [2.24, 2.45) is 10.8 Å². The number of ether oxygens (including phenoxy) is 2. The largest absolute Gasteiger partial charge is 0.469 e. The maximum absolute atomic E-state index is 12.0. The molecule has 5 nitrogen and oxygen atoms in total. The van der Waals surface area contributed by atoms with E-state index in [1.165, 1.54) is 7.11 Å². The summed E-state index contributed by atoms with van der Waals surface area (Å²) in [5.41, 5.74) is -1.43. The number of rotatable bonds is 7. The highest BCUT2D eigenvalue weighted by Gasteiger charge is 2.40. The number of hydrogen-bond donors (Lipinski definition) is 0. The molecule has 0 spiro atoms. The Morgan fingerprint density at radius 3 is 1.89 bits per heavy atom. The fourth-order valence-electron chi connectivity index (χ4n) is 2.04. The monoisotopic (exact) mass is 273 g/mol. The van der Waals surface area contributed by atoms with Gasteiger partial charge in [0.1, 0.15) is 6.61 Å². The zero-order valence-corrected chi connectivity index (χ0v) is 13.2. The van der Waals surface area contributed by atoms with Gasteiger partial charge in [0.25, 0.3) is 0 Å². The Morgan fingerprint density at radius 1 is 1.00 bits per heavy atom. The van der Waals surface area contributed by atoms with E-state index in [0.29, 0.717) is 19.6 Å². The number of carbonyl (C=O) groups excluding carboxylic acids is 2. The summed E-state index contributed by atoms with van der Waals surface area (Å²) >= 11 is 0. The number of nitrogens with zero attached hydrogens (tertiary/aromatic N) is 1. The molecule has 0 rings (SSSR count). The predicted octanol–water partition coefficient (Wildman–Crippen LogP) is 1.71. The Morgan fingerprint density at radius 2 is 1.47 bits per heavy atom. The van der Waals surface area contributed by atoms with Crippen LogP contribution < -0.4 is 0 Å². The molecular formula is C14H27NO4. The molecule has 0 radical (unpaired) electrons. The molecule has 0 aromatic rings. The van der Waals surface area contributed by atoms with Crippen LogP contribution in [0.2, 0.25) is 0 Å². The van der Waals surface area contributed by atoms with E-state index < -0.39 is 10.8 Å². The van der Waals surface area contributed by atoms with Crippen LogP contribution in [-0.2, 0) is 19.1 Å². The molecule has 19 heavy (non-hydrogen) atoms. The van der Waals surface area contributed by atoms with Gasteiger partial charge in [-0.2, -0.15) is 0 Å². The maximum atomic E-state index is 12.0. The topological polar surface area (TPSA) is 55.8 Å². The lowest BCUT2D eigenvalue weighted by Gasteiger charge is -2.31. The SMILES string of the molecule is COC(=O)C(C)(C)CC(C)(C)C(=O)OCCN(C)C. The summed E-state index contributed by atoms with van der Waals surface area (Å²) in [7, 11) is 5.19. The highest BCUT2D eigenvalue weighted by atomic mass is 16.5. The number of carbonyl (C=O) groups is 2. The smallest absolute Gasteiger partial charge is 0.311 e. The van der Waals surface area contributed by atoms with E-state index in [1.54, 1.807) is 27.7 Å². The molecule has 5 heteroatoms. The van der Waals surface area contributed by atoms with Crippen molar-refractivity contribution in [3.8, 4) is 0 Å². The summed E-state index contributed by atoms with van der Waals surface area (Å²) in [4.78, 5) is 25.6. The molecule has 0 fully saturated rings. The third kappa shape index (κ3) is 6.05. The Balaban J connectivity index is 4.52. The Kier molecular flexibility index (Phi) is 6.49. The van der Waals surface area contributed by atoms with Gasteiger partial charge in [-0.3, -0.25) is 9.59 Å². The van der Waals surface area contributed by atoms with Gasteiger partial charge in [-0.05, 0) is 48.2 Å². The van der Waals surface area contributed by atoms with Gasteiger partial charge in [0.2, 0.25) is 0 Å². The van der Waals surface area contributed by atoms with Crippen molar-refractivity contribution in [2.75, 3.05) is 34.4 Å². The van der Waals surface area contributed by atoms with Crippen molar-refractivity contribution in [2.45, 2.75) is 34.1 Å². The Labute approximate surface area is 116 Å². The lowest BCUT2D eigenvalue weighted by atomic mass is 9.75. The van der Waals surface area contributed by atoms with E-state index in [1.807, 2.05) is 19.0 Å². The van der Waals surface area contributed by atoms with Gasteiger partial charge in [-0.1, -0.05) is 0 Å². The van der Waals surface area contributed by atoms with Crippen molar-refractivity contribution < 1.29 is 19.1 Å². The minimum atomic E-state index is -0.718. The van der Waals surface area contributed by atoms with Crippen LogP contribution in [0, 0.1) is 10.8 Å². The number of likely N-dealkylation sites (N-methyl/N-ethyl adjacent to an activating group) is 1. The first-order valence-electron chi connectivity index (χ1n) is 6.43. The summed E-state index contributed by atoms with van der Waals surface area (Å²) < 4.78 is 10.00. The molecule has 0 N–H and O–H groups in total. The van der Waals surface area contributed by atoms with Gasteiger partial charge in [-0.15, -0.1) is 0 Å². The summed E-state index contributed by atoms with van der Waals surface area (Å²) in [6, 6.07) is 0. The molecule has 0 heterocycles.